The van der Waals surface area contributed by atoms with Gasteiger partial charge >= 0.3 is 0 Å². The van der Waals surface area contributed by atoms with E-state index in [4.69, 9.17) is 0 Å². The van der Waals surface area contributed by atoms with Crippen LogP contribution in [0.3, 0.4) is 0 Å². The highest BCUT2D eigenvalue weighted by molar-refractivity contribution is 7.91. The molecule has 3 heterocycles. The Kier molecular flexibility index (Phi) is 4.86. The minimum Gasteiger partial charge on any atom is -0.264 e. The highest BCUT2D eigenvalue weighted by atomic mass is 32.2. The van der Waals surface area contributed by atoms with Gasteiger partial charge in [-0.2, -0.15) is 0 Å². The molecule has 0 fully saturated rings. The SMILES string of the molecule is Cc1nc(-c2cccnc2)sc1CCNS(=O)(=O)c1cccs1. The van der Waals surface area contributed by atoms with Gasteiger partial charge in [-0.3, -0.25) is 4.98 Å². The molecule has 23 heavy (non-hydrogen) atoms. The fourth-order valence-electron chi connectivity index (χ4n) is 2.06. The molecule has 0 atom stereocenters. The van der Waals surface area contributed by atoms with Gasteiger partial charge < -0.3 is 0 Å². The summed E-state index contributed by atoms with van der Waals surface area (Å²) in [6, 6.07) is 7.17. The molecule has 8 heteroatoms. The van der Waals surface area contributed by atoms with Crippen LogP contribution in [0.15, 0.2) is 46.2 Å². The third-order valence-electron chi connectivity index (χ3n) is 3.21. The molecule has 0 amide bonds. The van der Waals surface area contributed by atoms with Crippen molar-refractivity contribution in [3.05, 3.63) is 52.6 Å². The van der Waals surface area contributed by atoms with Crippen LogP contribution >= 0.6 is 22.7 Å². The molecule has 0 spiro atoms. The smallest absolute Gasteiger partial charge is 0.250 e. The maximum absolute atomic E-state index is 12.1. The predicted octanol–water partition coefficient (Wildman–Crippen LogP) is 3.10. The van der Waals surface area contributed by atoms with Gasteiger partial charge in [0.2, 0.25) is 10.0 Å². The Hall–Kier alpha value is -1.61. The van der Waals surface area contributed by atoms with Gasteiger partial charge in [0.15, 0.2) is 0 Å². The van der Waals surface area contributed by atoms with Crippen LogP contribution in [0.5, 0.6) is 0 Å². The van der Waals surface area contributed by atoms with Crippen LogP contribution in [-0.4, -0.2) is 24.9 Å². The molecule has 0 radical (unpaired) electrons. The van der Waals surface area contributed by atoms with Crippen LogP contribution < -0.4 is 4.72 Å². The van der Waals surface area contributed by atoms with E-state index in [0.717, 1.165) is 21.1 Å². The van der Waals surface area contributed by atoms with Gasteiger partial charge in [-0.25, -0.2) is 18.1 Å². The highest BCUT2D eigenvalue weighted by Gasteiger charge is 2.15. The molecule has 1 N–H and O–H groups in total. The number of nitrogens with zero attached hydrogens (tertiary/aromatic N) is 2. The second kappa shape index (κ2) is 6.88. The van der Waals surface area contributed by atoms with E-state index < -0.39 is 10.0 Å². The Bertz CT molecular complexity index is 872. The van der Waals surface area contributed by atoms with Crippen molar-refractivity contribution in [3.63, 3.8) is 0 Å². The van der Waals surface area contributed by atoms with Crippen molar-refractivity contribution in [2.75, 3.05) is 6.54 Å². The van der Waals surface area contributed by atoms with Crippen molar-refractivity contribution >= 4 is 32.7 Å². The second-order valence-electron chi connectivity index (χ2n) is 4.85. The molecule has 0 unspecified atom stereocenters. The molecule has 0 saturated carbocycles. The standard InChI is InChI=1S/C15H15N3O2S3/c1-11-13(22-15(18-11)12-4-2-7-16-10-12)6-8-17-23(19,20)14-5-3-9-21-14/h2-5,7,9-10,17H,6,8H2,1H3. The lowest BCUT2D eigenvalue weighted by molar-refractivity contribution is 0.584. The lowest BCUT2D eigenvalue weighted by Crippen LogP contribution is -2.25. The summed E-state index contributed by atoms with van der Waals surface area (Å²) in [4.78, 5) is 9.73. The van der Waals surface area contributed by atoms with Gasteiger partial charge in [0.1, 0.15) is 9.22 Å². The summed E-state index contributed by atoms with van der Waals surface area (Å²) in [5.74, 6) is 0. The Morgan fingerprint density at radius 1 is 1.26 bits per heavy atom. The van der Waals surface area contributed by atoms with Crippen LogP contribution in [-0.2, 0) is 16.4 Å². The molecule has 0 aliphatic heterocycles. The van der Waals surface area contributed by atoms with Crippen LogP contribution in [0.1, 0.15) is 10.6 Å². The monoisotopic (exact) mass is 365 g/mol. The number of pyridine rings is 1. The van der Waals surface area contributed by atoms with E-state index in [0.29, 0.717) is 17.2 Å². The number of rotatable bonds is 6. The Balaban J connectivity index is 1.67. The maximum Gasteiger partial charge on any atom is 0.250 e. The van der Waals surface area contributed by atoms with Crippen molar-refractivity contribution in [2.24, 2.45) is 0 Å². The summed E-state index contributed by atoms with van der Waals surface area (Å²) in [5, 5.41) is 2.66. The number of nitrogens with one attached hydrogen (secondary N) is 1. The minimum absolute atomic E-state index is 0.342. The van der Waals surface area contributed by atoms with Crippen LogP contribution in [0.2, 0.25) is 0 Å². The molecule has 5 nitrogen and oxygen atoms in total. The molecular weight excluding hydrogens is 350 g/mol. The quantitative estimate of drug-likeness (QED) is 0.728. The topological polar surface area (TPSA) is 72.0 Å². The van der Waals surface area contributed by atoms with Crippen molar-refractivity contribution < 1.29 is 8.42 Å². The summed E-state index contributed by atoms with van der Waals surface area (Å²) in [6.07, 6.45) is 4.13. The van der Waals surface area contributed by atoms with Gasteiger partial charge in [-0.05, 0) is 36.9 Å². The molecule has 3 rings (SSSR count). The normalized spacial score (nSPS) is 11.7. The molecular formula is C15H15N3O2S3. The summed E-state index contributed by atoms with van der Waals surface area (Å²) in [7, 11) is -3.40. The predicted molar refractivity (Wildman–Crippen MR) is 93.3 cm³/mol. The Labute approximate surface area is 143 Å². The molecule has 120 valence electrons. The number of thiophene rings is 1. The summed E-state index contributed by atoms with van der Waals surface area (Å²) >= 11 is 2.79. The van der Waals surface area contributed by atoms with Gasteiger partial charge in [-0.15, -0.1) is 22.7 Å². The summed E-state index contributed by atoms with van der Waals surface area (Å²) in [5.41, 5.74) is 1.91. The van der Waals surface area contributed by atoms with Gasteiger partial charge in [0, 0.05) is 29.4 Å². The second-order valence-corrected chi connectivity index (χ2v) is 8.87. The van der Waals surface area contributed by atoms with E-state index in [-0.39, 0.29) is 0 Å². The third kappa shape index (κ3) is 3.84. The molecule has 0 bridgehead atoms. The molecule has 0 aliphatic carbocycles. The third-order valence-corrected chi connectivity index (χ3v) is 7.33. The number of sulfonamides is 1. The molecule has 3 aromatic rings. The fourth-order valence-corrected chi connectivity index (χ4v) is 5.18. The Morgan fingerprint density at radius 3 is 2.83 bits per heavy atom. The number of hydrogen-bond acceptors (Lipinski definition) is 6. The van der Waals surface area contributed by atoms with Crippen molar-refractivity contribution in [1.82, 2.24) is 14.7 Å². The molecule has 0 aromatic carbocycles. The first-order valence-electron chi connectivity index (χ1n) is 6.96. The first kappa shape index (κ1) is 16.3. The van der Waals surface area contributed by atoms with Crippen LogP contribution in [0, 0.1) is 6.92 Å². The van der Waals surface area contributed by atoms with E-state index in [1.165, 1.54) is 11.3 Å². The zero-order valence-electron chi connectivity index (χ0n) is 12.4. The summed E-state index contributed by atoms with van der Waals surface area (Å²) < 4.78 is 27.1. The van der Waals surface area contributed by atoms with Gasteiger partial charge in [0.05, 0.1) is 5.69 Å². The molecule has 0 saturated heterocycles. The van der Waals surface area contributed by atoms with Crippen molar-refractivity contribution in [2.45, 2.75) is 17.6 Å². The zero-order chi connectivity index (χ0) is 16.3. The lowest BCUT2D eigenvalue weighted by Gasteiger charge is -2.03. The van der Waals surface area contributed by atoms with Gasteiger partial charge in [-0.1, -0.05) is 6.07 Å². The Morgan fingerprint density at radius 2 is 2.13 bits per heavy atom. The minimum atomic E-state index is -3.40. The first-order chi connectivity index (χ1) is 11.1. The summed E-state index contributed by atoms with van der Waals surface area (Å²) in [6.45, 7) is 2.30. The number of aryl methyl sites for hydroxylation is 1. The van der Waals surface area contributed by atoms with E-state index >= 15 is 0 Å². The van der Waals surface area contributed by atoms with E-state index in [9.17, 15) is 8.42 Å². The van der Waals surface area contributed by atoms with Crippen molar-refractivity contribution in [1.29, 1.82) is 0 Å². The average Bonchev–Trinajstić information content (AvgIpc) is 3.19. The zero-order valence-corrected chi connectivity index (χ0v) is 14.8. The van der Waals surface area contributed by atoms with Crippen molar-refractivity contribution in [3.8, 4) is 10.6 Å². The molecule has 3 aromatic heterocycles. The number of hydrogen-bond donors (Lipinski definition) is 1. The van der Waals surface area contributed by atoms with Crippen LogP contribution in [0.25, 0.3) is 10.6 Å². The van der Waals surface area contributed by atoms with E-state index in [1.807, 2.05) is 19.1 Å². The largest absolute Gasteiger partial charge is 0.264 e. The highest BCUT2D eigenvalue weighted by Crippen LogP contribution is 2.27. The van der Waals surface area contributed by atoms with Gasteiger partial charge in [0.25, 0.3) is 0 Å². The number of thiazole rings is 1. The molecule has 0 aliphatic rings. The van der Waals surface area contributed by atoms with E-state index in [1.54, 1.807) is 41.2 Å². The van der Waals surface area contributed by atoms with E-state index in [2.05, 4.69) is 14.7 Å². The average molecular weight is 366 g/mol. The first-order valence-corrected chi connectivity index (χ1v) is 10.1. The fraction of sp³-hybridized carbons (Fsp3) is 0.200. The van der Waals surface area contributed by atoms with Crippen LogP contribution in [0.4, 0.5) is 0 Å². The maximum atomic E-state index is 12.1. The lowest BCUT2D eigenvalue weighted by atomic mass is 10.3. The number of aromatic nitrogens is 2.